The Morgan fingerprint density at radius 2 is 1.92 bits per heavy atom. The quantitative estimate of drug-likeness (QED) is 0.607. The molecule has 0 aliphatic carbocycles. The molecular weight excluding hydrogens is 219 g/mol. The maximum atomic E-state index is 10.4. The number of hydrogen-bond donors (Lipinski definition) is 1. The van der Waals surface area contributed by atoms with E-state index in [4.69, 9.17) is 5.11 Å². The Labute approximate surface area is 77.1 Å². The van der Waals surface area contributed by atoms with E-state index in [0.717, 1.165) is 4.46 Å². The summed E-state index contributed by atoms with van der Waals surface area (Å²) in [5, 5.41) is 8.56. The molecule has 62 valence electrons. The molecule has 0 unspecified atom stereocenters. The third-order valence-electron chi connectivity index (χ3n) is 1.22. The summed E-state index contributed by atoms with van der Waals surface area (Å²) < 4.78 is 1.33. The van der Waals surface area contributed by atoms with Gasteiger partial charge in [0.05, 0.1) is 0 Å². The molecule has 0 atom stereocenters. The number of carbonyl (C=O) groups is 1. The topological polar surface area (TPSA) is 37.3 Å². The van der Waals surface area contributed by atoms with E-state index in [9.17, 15) is 4.79 Å². The first-order valence-corrected chi connectivity index (χ1v) is 5.06. The molecule has 0 aliphatic heterocycles. The molecule has 0 bridgehead atoms. The summed E-state index contributed by atoms with van der Waals surface area (Å²) in [4.78, 5) is 10.4. The van der Waals surface area contributed by atoms with Crippen molar-refractivity contribution in [1.29, 1.82) is 0 Å². The molecular formula is C9H8O2Se. The minimum atomic E-state index is -0.904. The molecule has 0 spiro atoms. The van der Waals surface area contributed by atoms with Crippen LogP contribution in [0, 0.1) is 0 Å². The molecule has 1 rings (SSSR count). The van der Waals surface area contributed by atoms with Gasteiger partial charge in [-0.25, -0.2) is 0 Å². The van der Waals surface area contributed by atoms with E-state index in [1.807, 2.05) is 30.3 Å². The van der Waals surface area contributed by atoms with Gasteiger partial charge < -0.3 is 0 Å². The molecule has 0 saturated heterocycles. The molecule has 1 N–H and O–H groups in total. The monoisotopic (exact) mass is 228 g/mol. The van der Waals surface area contributed by atoms with Gasteiger partial charge in [-0.1, -0.05) is 0 Å². The van der Waals surface area contributed by atoms with Gasteiger partial charge in [-0.15, -0.1) is 0 Å². The van der Waals surface area contributed by atoms with E-state index in [2.05, 4.69) is 6.58 Å². The number of aliphatic carboxylic acids is 1. The molecule has 0 fully saturated rings. The van der Waals surface area contributed by atoms with Crippen molar-refractivity contribution in [2.24, 2.45) is 0 Å². The second-order valence-electron chi connectivity index (χ2n) is 2.14. The number of benzene rings is 1. The molecule has 0 heterocycles. The summed E-state index contributed by atoms with van der Waals surface area (Å²) >= 11 is -0.146. The third kappa shape index (κ3) is 2.53. The van der Waals surface area contributed by atoms with E-state index in [-0.39, 0.29) is 19.4 Å². The van der Waals surface area contributed by atoms with Crippen molar-refractivity contribution in [3.05, 3.63) is 41.4 Å². The van der Waals surface area contributed by atoms with Crippen LogP contribution in [-0.4, -0.2) is 26.0 Å². The van der Waals surface area contributed by atoms with Gasteiger partial charge in [0.2, 0.25) is 0 Å². The molecule has 1 aromatic rings. The van der Waals surface area contributed by atoms with Crippen LogP contribution in [0.5, 0.6) is 0 Å². The van der Waals surface area contributed by atoms with Gasteiger partial charge in [-0.3, -0.25) is 0 Å². The first-order chi connectivity index (χ1) is 5.70. The Kier molecular flexibility index (Phi) is 3.09. The standard InChI is InChI=1S/C9H8O2Se/c1-7(9(10)11)12-8-5-3-2-4-6-8/h2-6H,1H2,(H,10,11). The maximum absolute atomic E-state index is 10.4. The fourth-order valence-electron chi connectivity index (χ4n) is 0.674. The van der Waals surface area contributed by atoms with Crippen LogP contribution in [0.1, 0.15) is 0 Å². The Morgan fingerprint density at radius 3 is 2.42 bits per heavy atom. The van der Waals surface area contributed by atoms with Crippen molar-refractivity contribution in [3.8, 4) is 0 Å². The van der Waals surface area contributed by atoms with Gasteiger partial charge in [0.15, 0.2) is 0 Å². The summed E-state index contributed by atoms with van der Waals surface area (Å²) in [5.74, 6) is -0.904. The van der Waals surface area contributed by atoms with Crippen LogP contribution in [0.2, 0.25) is 0 Å². The molecule has 2 nitrogen and oxygen atoms in total. The summed E-state index contributed by atoms with van der Waals surface area (Å²) in [6, 6.07) is 9.52. The van der Waals surface area contributed by atoms with Crippen molar-refractivity contribution < 1.29 is 9.90 Å². The third-order valence-corrected chi connectivity index (χ3v) is 3.17. The zero-order chi connectivity index (χ0) is 8.97. The summed E-state index contributed by atoms with van der Waals surface area (Å²) in [5.41, 5.74) is 0. The van der Waals surface area contributed by atoms with Crippen LogP contribution >= 0.6 is 0 Å². The predicted molar refractivity (Wildman–Crippen MR) is 48.6 cm³/mol. The van der Waals surface area contributed by atoms with E-state index >= 15 is 0 Å². The van der Waals surface area contributed by atoms with Crippen LogP contribution in [0.4, 0.5) is 0 Å². The Balaban J connectivity index is 2.65. The van der Waals surface area contributed by atoms with Crippen molar-refractivity contribution in [3.63, 3.8) is 0 Å². The molecule has 0 aromatic heterocycles. The normalized spacial score (nSPS) is 9.33. The second kappa shape index (κ2) is 4.10. The fourth-order valence-corrected chi connectivity index (χ4v) is 2.07. The number of carboxylic acids is 1. The van der Waals surface area contributed by atoms with Crippen molar-refractivity contribution in [1.82, 2.24) is 0 Å². The van der Waals surface area contributed by atoms with Crippen molar-refractivity contribution in [2.45, 2.75) is 0 Å². The zero-order valence-electron chi connectivity index (χ0n) is 6.36. The first kappa shape index (κ1) is 9.04. The van der Waals surface area contributed by atoms with E-state index in [1.165, 1.54) is 0 Å². The van der Waals surface area contributed by atoms with Crippen molar-refractivity contribution in [2.75, 3.05) is 0 Å². The van der Waals surface area contributed by atoms with Crippen LogP contribution < -0.4 is 4.46 Å². The van der Waals surface area contributed by atoms with E-state index < -0.39 is 5.97 Å². The number of carboxylic acid groups (broad SMARTS) is 1. The Hall–Kier alpha value is -1.05. The Morgan fingerprint density at radius 1 is 1.33 bits per heavy atom. The zero-order valence-corrected chi connectivity index (χ0v) is 8.07. The van der Waals surface area contributed by atoms with Gasteiger partial charge in [-0.2, -0.15) is 0 Å². The van der Waals surface area contributed by atoms with Crippen molar-refractivity contribution >= 4 is 25.4 Å². The summed E-state index contributed by atoms with van der Waals surface area (Å²) in [6.07, 6.45) is 0. The summed E-state index contributed by atoms with van der Waals surface area (Å²) in [6.45, 7) is 3.48. The van der Waals surface area contributed by atoms with Crippen LogP contribution in [0.25, 0.3) is 0 Å². The molecule has 12 heavy (non-hydrogen) atoms. The molecule has 0 aliphatic rings. The molecule has 0 amide bonds. The van der Waals surface area contributed by atoms with E-state index in [0.29, 0.717) is 0 Å². The van der Waals surface area contributed by atoms with Gasteiger partial charge >= 0.3 is 76.7 Å². The molecule has 0 saturated carbocycles. The summed E-state index contributed by atoms with van der Waals surface area (Å²) in [7, 11) is 0. The van der Waals surface area contributed by atoms with E-state index in [1.54, 1.807) is 0 Å². The van der Waals surface area contributed by atoms with Crippen LogP contribution in [0.3, 0.4) is 0 Å². The minimum absolute atomic E-state index is 0.146. The number of rotatable bonds is 3. The average Bonchev–Trinajstić information content (AvgIpc) is 2.06. The van der Waals surface area contributed by atoms with Gasteiger partial charge in [-0.05, 0) is 0 Å². The first-order valence-electron chi connectivity index (χ1n) is 3.35. The second-order valence-corrected chi connectivity index (χ2v) is 4.59. The predicted octanol–water partition coefficient (Wildman–Crippen LogP) is 0.614. The van der Waals surface area contributed by atoms with Gasteiger partial charge in [0, 0.05) is 0 Å². The SMILES string of the molecule is C=C([Se]c1ccccc1)C(=O)O. The van der Waals surface area contributed by atoms with Crippen LogP contribution in [0.15, 0.2) is 41.4 Å². The average molecular weight is 227 g/mol. The van der Waals surface area contributed by atoms with Crippen LogP contribution in [-0.2, 0) is 4.79 Å². The molecule has 1 aromatic carbocycles. The Bertz CT molecular complexity index is 293. The molecule has 3 heteroatoms. The fraction of sp³-hybridized carbons (Fsp3) is 0. The molecule has 0 radical (unpaired) electrons. The van der Waals surface area contributed by atoms with Gasteiger partial charge in [0.1, 0.15) is 0 Å². The number of hydrogen-bond acceptors (Lipinski definition) is 1. The van der Waals surface area contributed by atoms with Gasteiger partial charge in [0.25, 0.3) is 0 Å².